The van der Waals surface area contributed by atoms with Crippen LogP contribution in [-0.4, -0.2) is 172 Å². The Morgan fingerprint density at radius 2 is 1.08 bits per heavy atom. The Labute approximate surface area is 526 Å². The normalized spacial score (nSPS) is 18.9. The number of nitrogens with two attached hydrogens (primary N) is 2. The number of allylic oxidation sites excluding steroid dienone is 13. The number of phenols is 1. The number of rotatable bonds is 46. The number of phenolic OH excluding ortho intramolecular Hbond substituents is 1. The fraction of sp³-hybridized carbons (Fsp3) is 0.530. The van der Waals surface area contributed by atoms with Gasteiger partial charge in [-0.15, -0.1) is 0 Å². The fourth-order valence-corrected chi connectivity index (χ4v) is 9.36. The van der Waals surface area contributed by atoms with Crippen LogP contribution in [0.1, 0.15) is 129 Å². The molecule has 0 fully saturated rings. The number of hydrogen-bond acceptors (Lipinski definition) is 19. The number of unbranched alkanes of at least 4 members (excludes halogenated alkanes) is 1. The highest BCUT2D eigenvalue weighted by atomic mass is 32.3. The van der Waals surface area contributed by atoms with Gasteiger partial charge in [0.1, 0.15) is 17.6 Å². The molecule has 0 aliphatic carbocycles. The van der Waals surface area contributed by atoms with Crippen molar-refractivity contribution in [3.05, 3.63) is 164 Å². The van der Waals surface area contributed by atoms with Gasteiger partial charge in [0.15, 0.2) is 5.96 Å². The van der Waals surface area contributed by atoms with E-state index in [2.05, 4.69) is 16.4 Å². The summed E-state index contributed by atoms with van der Waals surface area (Å²) in [7, 11) is -4.95. The SMILES string of the molecule is CC=CCCC=CC(C)C(O)C(C)C(O)C=CC=CC=CC=CC=CC=CCC(OS(=O)(=O)O)C(C)C(=O)CC(O)CC(O)C=CCC(O)CC(O)CC(O)C=CCC(O)CC(O)C=CCC(O)CC(O)CCCN=C(N)NC(=O)C(N)c1ccc(O)cc1. The van der Waals surface area contributed by atoms with Crippen molar-refractivity contribution in [3.8, 4) is 5.75 Å². The quantitative estimate of drug-likeness (QED) is 0.0101. The molecule has 0 bridgehead atoms. The van der Waals surface area contributed by atoms with E-state index < -0.39 is 114 Å². The molecule has 0 aliphatic heterocycles. The maximum absolute atomic E-state index is 13.1. The lowest BCUT2D eigenvalue weighted by Gasteiger charge is -2.25. The van der Waals surface area contributed by atoms with Crippen molar-refractivity contribution in [2.24, 2.45) is 34.2 Å². The highest BCUT2D eigenvalue weighted by Crippen LogP contribution is 2.22. The molecule has 0 saturated heterocycles. The van der Waals surface area contributed by atoms with E-state index in [1.165, 1.54) is 67.6 Å². The van der Waals surface area contributed by atoms with E-state index in [9.17, 15) is 83.8 Å². The van der Waals surface area contributed by atoms with Crippen molar-refractivity contribution in [2.75, 3.05) is 6.54 Å². The van der Waals surface area contributed by atoms with Crippen LogP contribution in [0.2, 0.25) is 0 Å². The van der Waals surface area contributed by atoms with Gasteiger partial charge in [0.2, 0.25) is 5.91 Å². The van der Waals surface area contributed by atoms with Crippen molar-refractivity contribution in [1.82, 2.24) is 5.32 Å². The van der Waals surface area contributed by atoms with Crippen molar-refractivity contribution in [3.63, 3.8) is 0 Å². The molecule has 0 heterocycles. The number of Topliss-reactive ketones (excluding diaryl/α,β-unsaturated/α-hetero) is 1. The molecule has 23 heteroatoms. The Morgan fingerprint density at radius 3 is 1.62 bits per heavy atom. The Morgan fingerprint density at radius 1 is 0.596 bits per heavy atom. The third-order valence-corrected chi connectivity index (χ3v) is 14.5. The summed E-state index contributed by atoms with van der Waals surface area (Å²) in [6, 6.07) is 4.79. The van der Waals surface area contributed by atoms with Crippen LogP contribution in [0.25, 0.3) is 0 Å². The van der Waals surface area contributed by atoms with E-state index in [0.29, 0.717) is 12.0 Å². The summed E-state index contributed by atoms with van der Waals surface area (Å²) in [6.45, 7) is 7.28. The number of nitrogens with zero attached hydrogens (tertiary/aromatic N) is 1. The van der Waals surface area contributed by atoms with Gasteiger partial charge in [-0.1, -0.05) is 167 Å². The van der Waals surface area contributed by atoms with Crippen LogP contribution < -0.4 is 16.8 Å². The molecule has 1 aromatic rings. The lowest BCUT2D eigenvalue weighted by molar-refractivity contribution is -0.127. The fourth-order valence-electron chi connectivity index (χ4n) is 8.80. The van der Waals surface area contributed by atoms with Gasteiger partial charge in [-0.25, -0.2) is 4.18 Å². The predicted molar refractivity (Wildman–Crippen MR) is 346 cm³/mol. The molecule has 18 N–H and O–H groups in total. The summed E-state index contributed by atoms with van der Waals surface area (Å²) in [4.78, 5) is 29.5. The number of amides is 1. The topological polar surface area (TPSA) is 417 Å². The molecule has 1 rings (SSSR count). The number of benzene rings is 1. The monoisotopic (exact) mass is 1270 g/mol. The molecule has 0 spiro atoms. The molecule has 0 aliphatic rings. The van der Waals surface area contributed by atoms with E-state index in [0.717, 1.165) is 12.8 Å². The number of hydrogen-bond donors (Lipinski definition) is 16. The summed E-state index contributed by atoms with van der Waals surface area (Å²) < 4.78 is 37.4. The Kier molecular flexibility index (Phi) is 43.0. The number of ketones is 1. The van der Waals surface area contributed by atoms with Gasteiger partial charge < -0.3 is 72.7 Å². The number of aliphatic hydroxyl groups excluding tert-OH is 11. The molecule has 1 aromatic carbocycles. The average molecular weight is 1270 g/mol. The summed E-state index contributed by atoms with van der Waals surface area (Å²) in [5.74, 6) is -2.86. The van der Waals surface area contributed by atoms with Crippen LogP contribution in [0.15, 0.2) is 163 Å². The second-order valence-electron chi connectivity index (χ2n) is 22.1. The maximum Gasteiger partial charge on any atom is 0.397 e. The zero-order valence-corrected chi connectivity index (χ0v) is 52.5. The standard InChI is InChI=1S/C66H102N4O18S/c1-5-6-7-15-18-25-46(2)64(83)48(4)60(81)33-19-16-13-11-9-8-10-12-14-17-20-34-62(88-89(85,86)87)47(3)61(82)45-59(80)44-56(77)31-23-30-55(76)43-58(79)42-54(75)29-22-28-52(73)40-51(72)26-21-27-53(74)41-57(78)32-24-39-69-66(68)70-65(84)63(67)49-35-37-50(71)38-36-49/h5-6,8-14,16-23,25-26,29,31,33,35-38,46-48,51-60,62-64,71-81,83H,7,15,24,27-28,30,32,34,39-45,67H2,1-4H3,(H,85,86,87)(H3,68,69,70,84). The minimum atomic E-state index is -4.95. The Hall–Kier alpha value is -5.84. The largest absolute Gasteiger partial charge is 0.508 e. The Balaban J connectivity index is 2.43. The van der Waals surface area contributed by atoms with Crippen LogP contribution in [0.3, 0.4) is 0 Å². The van der Waals surface area contributed by atoms with Crippen molar-refractivity contribution in [2.45, 2.75) is 197 Å². The summed E-state index contributed by atoms with van der Waals surface area (Å²) in [5.41, 5.74) is 12.2. The third kappa shape index (κ3) is 41.2. The second-order valence-corrected chi connectivity index (χ2v) is 23.2. The first-order valence-corrected chi connectivity index (χ1v) is 31.6. The number of aromatic hydroxyl groups is 1. The highest BCUT2D eigenvalue weighted by molar-refractivity contribution is 7.80. The van der Waals surface area contributed by atoms with Gasteiger partial charge in [-0.3, -0.25) is 24.5 Å². The zero-order chi connectivity index (χ0) is 66.7. The van der Waals surface area contributed by atoms with Crippen molar-refractivity contribution in [1.29, 1.82) is 0 Å². The number of carbonyl (C=O) groups is 2. The van der Waals surface area contributed by atoms with E-state index in [-0.39, 0.29) is 94.3 Å². The molecule has 0 radical (unpaired) electrons. The van der Waals surface area contributed by atoms with Gasteiger partial charge in [-0.2, -0.15) is 8.42 Å². The van der Waals surface area contributed by atoms with Gasteiger partial charge in [0.25, 0.3) is 0 Å². The van der Waals surface area contributed by atoms with Crippen LogP contribution in [-0.2, 0) is 24.2 Å². The highest BCUT2D eigenvalue weighted by Gasteiger charge is 2.30. The molecule has 89 heavy (non-hydrogen) atoms. The molecule has 22 nitrogen and oxygen atoms in total. The second kappa shape index (κ2) is 47.1. The summed E-state index contributed by atoms with van der Waals surface area (Å²) >= 11 is 0. The third-order valence-electron chi connectivity index (χ3n) is 14.0. The van der Waals surface area contributed by atoms with Gasteiger partial charge in [-0.05, 0) is 88.8 Å². The first-order valence-electron chi connectivity index (χ1n) is 30.2. The molecular formula is C66H102N4O18S. The lowest BCUT2D eigenvalue weighted by Crippen LogP contribution is -2.42. The first kappa shape index (κ1) is 81.2. The van der Waals surface area contributed by atoms with Crippen molar-refractivity contribution < 1.29 is 88.0 Å². The van der Waals surface area contributed by atoms with E-state index in [1.807, 2.05) is 32.1 Å². The van der Waals surface area contributed by atoms with E-state index in [4.69, 9.17) is 15.7 Å². The molecule has 0 aromatic heterocycles. The van der Waals surface area contributed by atoms with E-state index >= 15 is 0 Å². The smallest absolute Gasteiger partial charge is 0.397 e. The van der Waals surface area contributed by atoms with Crippen molar-refractivity contribution >= 4 is 28.0 Å². The minimum Gasteiger partial charge on any atom is -0.508 e. The lowest BCUT2D eigenvalue weighted by atomic mass is 9.88. The number of nitrogens with one attached hydrogen (secondary N) is 1. The van der Waals surface area contributed by atoms with Gasteiger partial charge in [0.05, 0.1) is 73.2 Å². The number of aliphatic imine (C=N–C) groups is 1. The van der Waals surface area contributed by atoms with Gasteiger partial charge >= 0.3 is 10.4 Å². The molecular weight excluding hydrogens is 1170 g/mol. The van der Waals surface area contributed by atoms with Crippen LogP contribution in [0.5, 0.6) is 5.75 Å². The number of aliphatic hydroxyl groups is 11. The average Bonchev–Trinajstić information content (AvgIpc) is 3.28. The summed E-state index contributed by atoms with van der Waals surface area (Å²) in [5, 5.41) is 127. The van der Waals surface area contributed by atoms with Crippen LogP contribution in [0, 0.1) is 17.8 Å². The molecule has 500 valence electrons. The predicted octanol–water partition coefficient (Wildman–Crippen LogP) is 5.06. The zero-order valence-electron chi connectivity index (χ0n) is 51.7. The minimum absolute atomic E-state index is 0.00698. The number of carbonyl (C=O) groups excluding carboxylic acids is 2. The molecule has 0 saturated carbocycles. The number of guanidine groups is 1. The molecule has 1 amide bonds. The molecule has 16 atom stereocenters. The first-order chi connectivity index (χ1) is 42.1. The Bertz CT molecular complexity index is 2620. The molecule has 16 unspecified atom stereocenters. The summed E-state index contributed by atoms with van der Waals surface area (Å²) in [6.07, 6.45) is 26.0. The van der Waals surface area contributed by atoms with Gasteiger partial charge in [0, 0.05) is 50.0 Å². The maximum atomic E-state index is 13.1. The van der Waals surface area contributed by atoms with E-state index in [1.54, 1.807) is 79.8 Å². The van der Waals surface area contributed by atoms with Crippen LogP contribution >= 0.6 is 0 Å². The van der Waals surface area contributed by atoms with Crippen LogP contribution in [0.4, 0.5) is 0 Å².